The van der Waals surface area contributed by atoms with Gasteiger partial charge in [0.05, 0.1) is 59.5 Å². The van der Waals surface area contributed by atoms with Crippen LogP contribution in [0.5, 0.6) is 0 Å². The van der Waals surface area contributed by atoms with Gasteiger partial charge in [-0.1, -0.05) is 23.8 Å². The van der Waals surface area contributed by atoms with Crippen LogP contribution in [0.15, 0.2) is 42.5 Å². The minimum Gasteiger partial charge on any atom is -0.356 e. The van der Waals surface area contributed by atoms with Gasteiger partial charge >= 0.3 is 0 Å². The Morgan fingerprint density at radius 1 is 0.581 bits per heavy atom. The number of hydrogen-bond donors (Lipinski definition) is 2. The third kappa shape index (κ3) is 12.0. The summed E-state index contributed by atoms with van der Waals surface area (Å²) in [7, 11) is 0. The van der Waals surface area contributed by atoms with Crippen molar-refractivity contribution in [1.29, 1.82) is 0 Å². The van der Waals surface area contributed by atoms with Gasteiger partial charge in [0.2, 0.25) is 17.7 Å². The zero-order valence-electron chi connectivity index (χ0n) is 50.7. The van der Waals surface area contributed by atoms with E-state index in [4.69, 9.17) is 4.98 Å². The van der Waals surface area contributed by atoms with Crippen molar-refractivity contribution in [2.24, 2.45) is 10.8 Å². The number of piperidine rings is 2. The number of pyridine rings is 3. The lowest BCUT2D eigenvalue weighted by Crippen LogP contribution is -2.45. The largest absolute Gasteiger partial charge is 0.356 e. The summed E-state index contributed by atoms with van der Waals surface area (Å²) in [6, 6.07) is 11.9. The average molecular weight is 1170 g/mol. The van der Waals surface area contributed by atoms with Gasteiger partial charge in [0.15, 0.2) is 23.1 Å². The van der Waals surface area contributed by atoms with Crippen molar-refractivity contribution in [3.63, 3.8) is 0 Å². The molecule has 0 radical (unpaired) electrons. The molecule has 0 spiro atoms. The lowest BCUT2D eigenvalue weighted by Gasteiger charge is -2.27. The average Bonchev–Trinajstić information content (AvgIpc) is 1.55. The van der Waals surface area contributed by atoms with Crippen LogP contribution in [0.4, 0.5) is 0 Å². The van der Waals surface area contributed by atoms with Crippen molar-refractivity contribution in [3.8, 4) is 0 Å². The van der Waals surface area contributed by atoms with Crippen molar-refractivity contribution in [2.75, 3.05) is 13.1 Å². The molecule has 86 heavy (non-hydrogen) atoms. The number of carbonyl (C=O) groups is 9. The molecule has 4 bridgehead atoms. The number of Topliss-reactive ketones (excluding diaryl/α,β-unsaturated/α-hetero) is 6. The molecule has 450 valence electrons. The van der Waals surface area contributed by atoms with E-state index in [9.17, 15) is 43.2 Å². The first kappa shape index (κ1) is 59.7. The number of aromatic nitrogens is 7. The number of benzene rings is 1. The Balaban J connectivity index is 0.000000179. The molecule has 20 nitrogen and oxygen atoms in total. The monoisotopic (exact) mass is 1170 g/mol. The second-order valence-corrected chi connectivity index (χ2v) is 25.5. The maximum absolute atomic E-state index is 14.2. The van der Waals surface area contributed by atoms with Crippen LogP contribution in [-0.4, -0.2) is 134 Å². The van der Waals surface area contributed by atoms with Gasteiger partial charge in [0, 0.05) is 92.6 Å². The van der Waals surface area contributed by atoms with Crippen LogP contribution in [0.25, 0.3) is 21.8 Å². The molecular weight excluding hydrogens is 1090 g/mol. The molecule has 6 aliphatic rings. The maximum atomic E-state index is 14.2. The van der Waals surface area contributed by atoms with Gasteiger partial charge in [-0.3, -0.25) is 67.5 Å². The van der Waals surface area contributed by atoms with E-state index in [1.807, 2.05) is 84.0 Å². The normalized spacial score (nSPS) is 24.4. The van der Waals surface area contributed by atoms with E-state index in [1.165, 1.54) is 18.5 Å². The summed E-state index contributed by atoms with van der Waals surface area (Å²) in [5.41, 5.74) is 9.31. The number of hydrogen-bond acceptors (Lipinski definition) is 15. The second kappa shape index (κ2) is 23.7. The highest BCUT2D eigenvalue weighted by atomic mass is 16.2. The summed E-state index contributed by atoms with van der Waals surface area (Å²) in [6.45, 7) is 15.6. The van der Waals surface area contributed by atoms with Crippen molar-refractivity contribution in [1.82, 2.24) is 54.9 Å². The first-order valence-electron chi connectivity index (χ1n) is 30.5. The van der Waals surface area contributed by atoms with E-state index in [0.29, 0.717) is 122 Å². The quantitative estimate of drug-likeness (QED) is 0.147. The summed E-state index contributed by atoms with van der Waals surface area (Å²) in [4.78, 5) is 137. The third-order valence-corrected chi connectivity index (χ3v) is 19.0. The Bertz CT molecular complexity index is 3840. The number of rotatable bonds is 8. The zero-order chi connectivity index (χ0) is 61.1. The van der Waals surface area contributed by atoms with Gasteiger partial charge in [-0.15, -0.1) is 0 Å². The SMILES string of the molecule is CC(=O)c1nn2c3c(cc(C)cc13)CC(=O)NCCCC(=O)CC[C@@]13C[C@@H](C(=O)Cc4nc(C)ccc4C)N(C(=O)C2)[C@@H]1C3.CC(=O)c1nn2c3c(nc(C)cc13)CNCCCC(=O)CC[C@@]13C[C@@H](C(=O)Cc4nc(C)ccc4C)N(C(=O)C2)[C@@H]1C3. The lowest BCUT2D eigenvalue weighted by atomic mass is 9.90. The number of aryl methyl sites for hydroxylation is 6. The van der Waals surface area contributed by atoms with Crippen LogP contribution in [0.3, 0.4) is 0 Å². The van der Waals surface area contributed by atoms with E-state index < -0.39 is 12.1 Å². The highest BCUT2D eigenvalue weighted by Gasteiger charge is 2.67. The van der Waals surface area contributed by atoms with Gasteiger partial charge in [0.25, 0.3) is 0 Å². The molecule has 2 aliphatic carbocycles. The second-order valence-electron chi connectivity index (χ2n) is 25.5. The van der Waals surface area contributed by atoms with Gasteiger partial charge in [0.1, 0.15) is 36.0 Å². The Labute approximate surface area is 500 Å². The number of carbonyl (C=O) groups excluding carboxylic acids is 9. The number of nitrogens with one attached hydrogen (secondary N) is 2. The summed E-state index contributed by atoms with van der Waals surface area (Å²) in [5.74, 6) is -0.818. The summed E-state index contributed by atoms with van der Waals surface area (Å²) < 4.78 is 3.14. The van der Waals surface area contributed by atoms with Crippen LogP contribution >= 0.6 is 0 Å². The maximum Gasteiger partial charge on any atom is 0.245 e. The van der Waals surface area contributed by atoms with Gasteiger partial charge in [-0.25, -0.2) is 0 Å². The first-order chi connectivity index (χ1) is 41.0. The molecule has 3 amide bonds. The molecule has 12 rings (SSSR count). The molecule has 20 heteroatoms. The fourth-order valence-electron chi connectivity index (χ4n) is 14.3. The molecule has 1 aromatic carbocycles. The lowest BCUT2D eigenvalue weighted by molar-refractivity contribution is -0.139. The van der Waals surface area contributed by atoms with E-state index in [-0.39, 0.29) is 113 Å². The minimum absolute atomic E-state index is 0.0303. The van der Waals surface area contributed by atoms with Crippen molar-refractivity contribution in [3.05, 3.63) is 110 Å². The van der Waals surface area contributed by atoms with Crippen LogP contribution in [0, 0.1) is 52.4 Å². The van der Waals surface area contributed by atoms with Crippen LogP contribution < -0.4 is 10.6 Å². The first-order valence-corrected chi connectivity index (χ1v) is 30.5. The van der Waals surface area contributed by atoms with E-state index in [1.54, 1.807) is 14.5 Å². The number of amides is 3. The molecule has 9 heterocycles. The molecule has 5 aromatic heterocycles. The van der Waals surface area contributed by atoms with E-state index in [2.05, 4.69) is 30.8 Å². The van der Waals surface area contributed by atoms with Crippen LogP contribution in [-0.2, 0) is 72.5 Å². The molecule has 4 fully saturated rings. The summed E-state index contributed by atoms with van der Waals surface area (Å²) >= 11 is 0. The van der Waals surface area contributed by atoms with Crippen LogP contribution in [0.1, 0.15) is 168 Å². The Morgan fingerprint density at radius 3 is 1.60 bits per heavy atom. The highest BCUT2D eigenvalue weighted by molar-refractivity contribution is 6.07. The van der Waals surface area contributed by atoms with Crippen LogP contribution in [0.2, 0.25) is 0 Å². The van der Waals surface area contributed by atoms with Gasteiger partial charge in [-0.05, 0) is 151 Å². The van der Waals surface area contributed by atoms with Gasteiger partial charge in [-0.2, -0.15) is 10.2 Å². The molecule has 6 atom stereocenters. The van der Waals surface area contributed by atoms with Gasteiger partial charge < -0.3 is 20.4 Å². The molecule has 2 saturated carbocycles. The third-order valence-electron chi connectivity index (χ3n) is 19.0. The Kier molecular flexibility index (Phi) is 16.5. The van der Waals surface area contributed by atoms with Crippen molar-refractivity contribution >= 4 is 74.2 Å². The minimum atomic E-state index is -0.626. The number of nitrogens with zero attached hydrogens (tertiary/aromatic N) is 9. The van der Waals surface area contributed by atoms with Crippen molar-refractivity contribution < 1.29 is 43.2 Å². The molecule has 6 aromatic rings. The Hall–Kier alpha value is -8.00. The summed E-state index contributed by atoms with van der Waals surface area (Å²) in [5, 5.41) is 16.8. The van der Waals surface area contributed by atoms with E-state index in [0.717, 1.165) is 58.7 Å². The fraction of sp³-hybridized carbons (Fsp3) is 0.515. The summed E-state index contributed by atoms with van der Waals surface area (Å²) in [6.07, 6.45) is 7.25. The highest BCUT2D eigenvalue weighted by Crippen LogP contribution is 2.63. The zero-order valence-corrected chi connectivity index (χ0v) is 50.7. The predicted octanol–water partition coefficient (Wildman–Crippen LogP) is 6.89. The smallest absolute Gasteiger partial charge is 0.245 e. The topological polar surface area (TPSA) is 258 Å². The number of ketones is 6. The molecule has 2 N–H and O–H groups in total. The fourth-order valence-corrected chi connectivity index (χ4v) is 14.3. The van der Waals surface area contributed by atoms with E-state index >= 15 is 0 Å². The Morgan fingerprint density at radius 2 is 1.08 bits per heavy atom. The van der Waals surface area contributed by atoms with Crippen molar-refractivity contribution in [2.45, 2.75) is 196 Å². The molecular formula is C66H77N11O9. The molecule has 0 unspecified atom stereocenters. The predicted molar refractivity (Wildman–Crippen MR) is 319 cm³/mol. The molecule has 4 aliphatic heterocycles. The standard InChI is InChI=1S/C34H39N5O5.C32H38N6O4/c1-19-12-23-14-30(43)35-11-5-6-24(41)9-10-34-16-27(28(42)15-26-20(2)7-8-21(3)36-26)39(29(34)17-34)31(44)18-38-33(23)25(13-19)32(37-38)22(4)40;1-18-7-8-19(2)34-24(18)13-27(41)26-14-32-10-9-22(40)6-5-11-33-16-25-31-23(12-20(3)35-25)30(21(4)39)36-37(31)17-29(42)38(26)28(32)15-32/h7-8,12-13,27,29H,5-6,9-11,14-18H2,1-4H3,(H,35,43);7-8,12,26,28,33H,5-6,9-11,13-17H2,1-4H3/t27-,29+,34-;26-,28+,32-/m00/s1. The molecule has 2 saturated heterocycles.